The smallest absolute Gasteiger partial charge is 0.257 e. The minimum Gasteiger partial charge on any atom is -0.497 e. The van der Waals surface area contributed by atoms with E-state index in [4.69, 9.17) is 9.47 Å². The van der Waals surface area contributed by atoms with Crippen LogP contribution in [0.3, 0.4) is 0 Å². The Kier molecular flexibility index (Phi) is 3.60. The number of ether oxygens (including phenoxy) is 2. The maximum atomic E-state index is 12.3. The van der Waals surface area contributed by atoms with Gasteiger partial charge in [-0.15, -0.1) is 0 Å². The van der Waals surface area contributed by atoms with Crippen LogP contribution in [0.4, 0.5) is 5.69 Å². The summed E-state index contributed by atoms with van der Waals surface area (Å²) in [7, 11) is 2.98. The summed E-state index contributed by atoms with van der Waals surface area (Å²) >= 11 is 0. The summed E-state index contributed by atoms with van der Waals surface area (Å²) in [6.07, 6.45) is -1.03. The first kappa shape index (κ1) is 14.6. The van der Waals surface area contributed by atoms with Gasteiger partial charge in [-0.25, -0.2) is 0 Å². The van der Waals surface area contributed by atoms with Gasteiger partial charge in [0.25, 0.3) is 5.91 Å². The van der Waals surface area contributed by atoms with Gasteiger partial charge in [-0.2, -0.15) is 0 Å². The van der Waals surface area contributed by atoms with Crippen LogP contribution >= 0.6 is 0 Å². The number of para-hydroxylation sites is 1. The number of fused-ring (bicyclic) bond motifs is 1. The number of nitrogens with one attached hydrogen (secondary N) is 1. The molecule has 0 fully saturated rings. The van der Waals surface area contributed by atoms with Crippen molar-refractivity contribution in [2.24, 2.45) is 0 Å². The Morgan fingerprint density at radius 3 is 2.41 bits per heavy atom. The van der Waals surface area contributed by atoms with Gasteiger partial charge < -0.3 is 19.9 Å². The fraction of sp³-hybridized carbons (Fsp3) is 0.235. The maximum Gasteiger partial charge on any atom is 0.257 e. The standard InChI is InChI=1S/C17H17NO4/c1-21-12-9-7-11(8-10-12)17(20)13-5-3-4-6-14(13)18-16(19)15(17)22-2/h3-10,15,20H,1-2H3,(H,18,19)/t15-,17+/m1/s1. The summed E-state index contributed by atoms with van der Waals surface area (Å²) in [6.45, 7) is 0. The Morgan fingerprint density at radius 1 is 1.09 bits per heavy atom. The van der Waals surface area contributed by atoms with E-state index in [-0.39, 0.29) is 5.91 Å². The highest BCUT2D eigenvalue weighted by Crippen LogP contribution is 2.42. The van der Waals surface area contributed by atoms with E-state index in [1.165, 1.54) is 7.11 Å². The van der Waals surface area contributed by atoms with Crippen LogP contribution in [0.2, 0.25) is 0 Å². The topological polar surface area (TPSA) is 67.8 Å². The van der Waals surface area contributed by atoms with Gasteiger partial charge in [-0.3, -0.25) is 4.79 Å². The van der Waals surface area contributed by atoms with Crippen molar-refractivity contribution in [3.05, 3.63) is 59.7 Å². The van der Waals surface area contributed by atoms with Crippen molar-refractivity contribution in [1.82, 2.24) is 0 Å². The predicted molar refractivity (Wildman–Crippen MR) is 81.9 cm³/mol. The summed E-state index contributed by atoms with van der Waals surface area (Å²) < 4.78 is 10.4. The van der Waals surface area contributed by atoms with E-state index in [9.17, 15) is 9.90 Å². The molecule has 0 saturated heterocycles. The molecular weight excluding hydrogens is 282 g/mol. The fourth-order valence-corrected chi connectivity index (χ4v) is 2.88. The Balaban J connectivity index is 2.20. The first-order valence-corrected chi connectivity index (χ1v) is 6.91. The molecule has 2 aromatic carbocycles. The number of amides is 1. The number of methoxy groups -OCH3 is 2. The molecule has 3 rings (SSSR count). The average molecular weight is 299 g/mol. The van der Waals surface area contributed by atoms with Gasteiger partial charge in [0.1, 0.15) is 5.75 Å². The monoisotopic (exact) mass is 299 g/mol. The number of carbonyl (C=O) groups excluding carboxylic acids is 1. The molecule has 5 heteroatoms. The molecule has 114 valence electrons. The van der Waals surface area contributed by atoms with Gasteiger partial charge >= 0.3 is 0 Å². The molecule has 0 radical (unpaired) electrons. The van der Waals surface area contributed by atoms with Crippen LogP contribution in [-0.4, -0.2) is 31.3 Å². The van der Waals surface area contributed by atoms with E-state index < -0.39 is 11.7 Å². The quantitative estimate of drug-likeness (QED) is 0.908. The van der Waals surface area contributed by atoms with Crippen LogP contribution in [0.1, 0.15) is 11.1 Å². The second kappa shape index (κ2) is 5.44. The third-order valence-corrected chi connectivity index (χ3v) is 3.98. The highest BCUT2D eigenvalue weighted by Gasteiger charge is 2.49. The molecular formula is C17H17NO4. The summed E-state index contributed by atoms with van der Waals surface area (Å²) in [4.78, 5) is 12.3. The lowest BCUT2D eigenvalue weighted by atomic mass is 9.78. The minimum atomic E-state index is -1.56. The summed E-state index contributed by atoms with van der Waals surface area (Å²) in [5.41, 5.74) is 0.202. The summed E-state index contributed by atoms with van der Waals surface area (Å²) in [5.74, 6) is 0.300. The van der Waals surface area contributed by atoms with E-state index in [0.29, 0.717) is 22.6 Å². The third kappa shape index (κ3) is 2.06. The number of benzene rings is 2. The Morgan fingerprint density at radius 2 is 1.77 bits per heavy atom. The molecule has 2 aromatic rings. The number of rotatable bonds is 3. The van der Waals surface area contributed by atoms with Crippen molar-refractivity contribution in [2.45, 2.75) is 11.7 Å². The number of hydrogen-bond acceptors (Lipinski definition) is 4. The highest BCUT2D eigenvalue weighted by molar-refractivity contribution is 5.99. The Labute approximate surface area is 128 Å². The van der Waals surface area contributed by atoms with Gasteiger partial charge in [-0.05, 0) is 23.8 Å². The first-order chi connectivity index (χ1) is 10.6. The number of anilines is 1. The van der Waals surface area contributed by atoms with Crippen LogP contribution in [0.15, 0.2) is 48.5 Å². The number of hydrogen-bond donors (Lipinski definition) is 2. The van der Waals surface area contributed by atoms with Crippen LogP contribution in [-0.2, 0) is 15.1 Å². The van der Waals surface area contributed by atoms with Crippen molar-refractivity contribution >= 4 is 11.6 Å². The second-order valence-electron chi connectivity index (χ2n) is 5.15. The van der Waals surface area contributed by atoms with Crippen LogP contribution < -0.4 is 10.1 Å². The van der Waals surface area contributed by atoms with E-state index >= 15 is 0 Å². The lowest BCUT2D eigenvalue weighted by Crippen LogP contribution is -2.52. The van der Waals surface area contributed by atoms with Crippen LogP contribution in [0.25, 0.3) is 0 Å². The predicted octanol–water partition coefficient (Wildman–Crippen LogP) is 1.90. The lowest BCUT2D eigenvalue weighted by molar-refractivity contribution is -0.142. The molecule has 5 nitrogen and oxygen atoms in total. The SMILES string of the molecule is COc1ccc([C@]2(O)c3ccccc3NC(=O)[C@H]2OC)cc1. The molecule has 0 bridgehead atoms. The zero-order valence-electron chi connectivity index (χ0n) is 12.4. The molecule has 1 heterocycles. The average Bonchev–Trinajstić information content (AvgIpc) is 2.55. The maximum absolute atomic E-state index is 12.3. The van der Waals surface area contributed by atoms with E-state index in [2.05, 4.69) is 5.32 Å². The van der Waals surface area contributed by atoms with Crippen molar-refractivity contribution in [3.63, 3.8) is 0 Å². The molecule has 0 spiro atoms. The van der Waals surface area contributed by atoms with Crippen molar-refractivity contribution in [1.29, 1.82) is 0 Å². The molecule has 2 N–H and O–H groups in total. The van der Waals surface area contributed by atoms with Gasteiger partial charge in [0.05, 0.1) is 7.11 Å². The summed E-state index contributed by atoms with van der Waals surface area (Å²) in [5, 5.41) is 14.1. The normalized spacial score (nSPS) is 23.6. The van der Waals surface area contributed by atoms with Gasteiger partial charge in [-0.1, -0.05) is 30.3 Å². The van der Waals surface area contributed by atoms with E-state index in [0.717, 1.165) is 0 Å². The highest BCUT2D eigenvalue weighted by atomic mass is 16.5. The van der Waals surface area contributed by atoms with E-state index in [1.54, 1.807) is 49.6 Å². The van der Waals surface area contributed by atoms with Crippen molar-refractivity contribution < 1.29 is 19.4 Å². The largest absolute Gasteiger partial charge is 0.497 e. The zero-order chi connectivity index (χ0) is 15.7. The molecule has 22 heavy (non-hydrogen) atoms. The Bertz CT molecular complexity index is 698. The molecule has 1 aliphatic rings. The Hall–Kier alpha value is -2.37. The molecule has 0 aliphatic carbocycles. The summed E-state index contributed by atoms with van der Waals surface area (Å²) in [6, 6.07) is 14.1. The molecule has 0 saturated carbocycles. The second-order valence-corrected chi connectivity index (χ2v) is 5.15. The number of aliphatic hydroxyl groups is 1. The lowest BCUT2D eigenvalue weighted by Gasteiger charge is -2.40. The fourth-order valence-electron chi connectivity index (χ4n) is 2.88. The molecule has 1 amide bonds. The van der Waals surface area contributed by atoms with Crippen LogP contribution in [0, 0.1) is 0 Å². The third-order valence-electron chi connectivity index (χ3n) is 3.98. The first-order valence-electron chi connectivity index (χ1n) is 6.91. The van der Waals surface area contributed by atoms with Gasteiger partial charge in [0.2, 0.25) is 0 Å². The minimum absolute atomic E-state index is 0.375. The van der Waals surface area contributed by atoms with Crippen molar-refractivity contribution in [3.8, 4) is 5.75 Å². The van der Waals surface area contributed by atoms with E-state index in [1.807, 2.05) is 6.07 Å². The van der Waals surface area contributed by atoms with Crippen molar-refractivity contribution in [2.75, 3.05) is 19.5 Å². The molecule has 1 aliphatic heterocycles. The van der Waals surface area contributed by atoms with Gasteiger partial charge in [0.15, 0.2) is 11.7 Å². The van der Waals surface area contributed by atoms with Gasteiger partial charge in [0, 0.05) is 18.4 Å². The zero-order valence-corrected chi connectivity index (χ0v) is 12.4. The molecule has 0 aromatic heterocycles. The molecule has 0 unspecified atom stereocenters. The van der Waals surface area contributed by atoms with Crippen LogP contribution in [0.5, 0.6) is 5.75 Å². The molecule has 2 atom stereocenters. The number of carbonyl (C=O) groups is 1.